The Kier molecular flexibility index (Phi) is 6.94. The van der Waals surface area contributed by atoms with E-state index in [1.54, 1.807) is 22.0 Å². The molecular formula is C28H27FN6O3. The largest absolute Gasteiger partial charge is 0.340 e. The van der Waals surface area contributed by atoms with E-state index in [9.17, 15) is 24.0 Å². The Morgan fingerprint density at radius 2 is 1.84 bits per heavy atom. The smallest absolute Gasteiger partial charge is 0.332 e. The Hall–Kier alpha value is -4.49. The molecule has 2 fully saturated rings. The number of fused-ring (bicyclic) bond motifs is 2. The van der Waals surface area contributed by atoms with Gasteiger partial charge in [-0.05, 0) is 34.0 Å². The van der Waals surface area contributed by atoms with Gasteiger partial charge >= 0.3 is 6.03 Å². The van der Waals surface area contributed by atoms with E-state index in [4.69, 9.17) is 0 Å². The van der Waals surface area contributed by atoms with E-state index in [1.807, 2.05) is 48.5 Å². The van der Waals surface area contributed by atoms with E-state index in [-0.39, 0.29) is 43.7 Å². The van der Waals surface area contributed by atoms with Gasteiger partial charge in [-0.25, -0.2) is 14.2 Å². The highest BCUT2D eigenvalue weighted by atomic mass is 19.1. The molecule has 38 heavy (non-hydrogen) atoms. The number of amides is 4. The molecule has 2 saturated heterocycles. The normalized spacial score (nSPS) is 19.4. The van der Waals surface area contributed by atoms with Crippen molar-refractivity contribution in [2.24, 2.45) is 0 Å². The molecule has 2 atom stereocenters. The number of carbonyl (C=O) groups is 3. The highest BCUT2D eigenvalue weighted by molar-refractivity contribution is 5.92. The van der Waals surface area contributed by atoms with Crippen molar-refractivity contribution >= 4 is 28.6 Å². The van der Waals surface area contributed by atoms with Gasteiger partial charge in [-0.2, -0.15) is 10.3 Å². The Bertz CT molecular complexity index is 1420. The van der Waals surface area contributed by atoms with Gasteiger partial charge in [0, 0.05) is 20.0 Å². The summed E-state index contributed by atoms with van der Waals surface area (Å²) >= 11 is 0. The lowest BCUT2D eigenvalue weighted by Crippen LogP contribution is -2.66. The summed E-state index contributed by atoms with van der Waals surface area (Å²) in [7, 11) is 1.46. The molecule has 0 unspecified atom stereocenters. The van der Waals surface area contributed by atoms with Gasteiger partial charge in [0.25, 0.3) is 0 Å². The number of nitrogens with zero attached hydrogens (tertiary/aromatic N) is 5. The van der Waals surface area contributed by atoms with Crippen molar-refractivity contribution in [1.29, 1.82) is 5.26 Å². The van der Waals surface area contributed by atoms with E-state index in [0.717, 1.165) is 16.3 Å². The molecular weight excluding hydrogens is 487 g/mol. The number of carbonyl (C=O) groups excluding carboxylic acids is 3. The van der Waals surface area contributed by atoms with Crippen LogP contribution < -0.4 is 5.32 Å². The molecule has 2 aliphatic rings. The highest BCUT2D eigenvalue weighted by Gasteiger charge is 2.52. The lowest BCUT2D eigenvalue weighted by molar-refractivity contribution is -0.157. The molecule has 4 amide bonds. The first-order valence-corrected chi connectivity index (χ1v) is 12.3. The molecule has 0 aliphatic carbocycles. The monoisotopic (exact) mass is 514 g/mol. The quantitative estimate of drug-likeness (QED) is 0.510. The molecule has 10 heteroatoms. The van der Waals surface area contributed by atoms with E-state index >= 15 is 0 Å². The molecule has 0 bridgehead atoms. The van der Waals surface area contributed by atoms with E-state index in [2.05, 4.69) is 5.32 Å². The second-order valence-electron chi connectivity index (χ2n) is 9.35. The van der Waals surface area contributed by atoms with Crippen LogP contribution in [0.25, 0.3) is 10.8 Å². The zero-order valence-corrected chi connectivity index (χ0v) is 20.9. The van der Waals surface area contributed by atoms with Crippen LogP contribution in [0.3, 0.4) is 0 Å². The first-order valence-electron chi connectivity index (χ1n) is 12.3. The van der Waals surface area contributed by atoms with Crippen LogP contribution in [-0.4, -0.2) is 76.6 Å². The first kappa shape index (κ1) is 25.2. The minimum absolute atomic E-state index is 0.144. The first-order chi connectivity index (χ1) is 18.4. The van der Waals surface area contributed by atoms with E-state index in [0.29, 0.717) is 12.1 Å². The number of piperazine rings is 1. The summed E-state index contributed by atoms with van der Waals surface area (Å²) in [6, 6.07) is 20.3. The number of nitrogens with one attached hydrogen (secondary N) is 1. The van der Waals surface area contributed by atoms with Gasteiger partial charge in [-0.15, -0.1) is 0 Å². The van der Waals surface area contributed by atoms with Crippen LogP contribution in [0.5, 0.6) is 0 Å². The summed E-state index contributed by atoms with van der Waals surface area (Å²) < 4.78 is 13.6. The fourth-order valence-corrected chi connectivity index (χ4v) is 5.35. The van der Waals surface area contributed by atoms with Gasteiger partial charge in [0.2, 0.25) is 11.8 Å². The van der Waals surface area contributed by atoms with Crippen LogP contribution in [0.1, 0.15) is 11.1 Å². The maximum Gasteiger partial charge on any atom is 0.332 e. The van der Waals surface area contributed by atoms with Crippen molar-refractivity contribution in [2.75, 3.05) is 26.7 Å². The second kappa shape index (κ2) is 10.5. The maximum atomic E-state index is 13.9. The highest BCUT2D eigenvalue weighted by Crippen LogP contribution is 2.31. The average Bonchev–Trinajstić information content (AvgIpc) is 3.25. The number of urea groups is 1. The average molecular weight is 515 g/mol. The molecule has 1 N–H and O–H groups in total. The van der Waals surface area contributed by atoms with Gasteiger partial charge in [0.15, 0.2) is 0 Å². The van der Waals surface area contributed by atoms with Gasteiger partial charge < -0.3 is 15.1 Å². The van der Waals surface area contributed by atoms with Crippen LogP contribution in [0.15, 0.2) is 66.7 Å². The Morgan fingerprint density at radius 3 is 2.58 bits per heavy atom. The molecule has 0 spiro atoms. The van der Waals surface area contributed by atoms with Gasteiger partial charge in [-0.3, -0.25) is 9.59 Å². The van der Waals surface area contributed by atoms with Crippen LogP contribution in [0.4, 0.5) is 9.18 Å². The van der Waals surface area contributed by atoms with Crippen molar-refractivity contribution in [3.63, 3.8) is 0 Å². The summed E-state index contributed by atoms with van der Waals surface area (Å²) in [6.45, 7) is 0.0730. The van der Waals surface area contributed by atoms with E-state index in [1.165, 1.54) is 29.1 Å². The molecule has 194 valence electrons. The third-order valence-electron chi connectivity index (χ3n) is 7.13. The van der Waals surface area contributed by atoms with Gasteiger partial charge in [0.1, 0.15) is 24.6 Å². The minimum atomic E-state index is -0.847. The summed E-state index contributed by atoms with van der Waals surface area (Å²) in [4.78, 5) is 43.1. The molecule has 0 saturated carbocycles. The number of hydrazine groups is 1. The van der Waals surface area contributed by atoms with Crippen molar-refractivity contribution in [1.82, 2.24) is 25.1 Å². The number of nitriles is 1. The molecule has 0 radical (unpaired) electrons. The number of hydrogen-bond acceptors (Lipinski definition) is 5. The lowest BCUT2D eigenvalue weighted by atomic mass is 9.99. The maximum absolute atomic E-state index is 13.9. The summed E-state index contributed by atoms with van der Waals surface area (Å²) in [6.07, 6.45) is -0.453. The Morgan fingerprint density at radius 1 is 1.11 bits per heavy atom. The standard InChI is InChI=1S/C28H27FN6O3/c1-31-28(38)33(14-13-30)34-18-26(36)35-24(15-19-9-11-22(29)12-10-19)27(37)32(17-25(34)35)16-21-7-4-6-20-5-2-3-8-23(20)21/h2-12,24-25H,14-18H2,1H3,(H,31,38)/t24-,25+/m0/s1. The number of rotatable bonds is 6. The molecule has 3 aromatic carbocycles. The van der Waals surface area contributed by atoms with Gasteiger partial charge in [0.05, 0.1) is 19.2 Å². The molecule has 9 nitrogen and oxygen atoms in total. The summed E-state index contributed by atoms with van der Waals surface area (Å²) in [5, 5.41) is 16.7. The third kappa shape index (κ3) is 4.64. The Balaban J connectivity index is 1.53. The lowest BCUT2D eigenvalue weighted by Gasteiger charge is -2.46. The van der Waals surface area contributed by atoms with Crippen LogP contribution in [0.2, 0.25) is 0 Å². The van der Waals surface area contributed by atoms with Crippen molar-refractivity contribution in [2.45, 2.75) is 25.2 Å². The van der Waals surface area contributed by atoms with Crippen molar-refractivity contribution in [3.8, 4) is 6.07 Å². The second-order valence-corrected chi connectivity index (χ2v) is 9.35. The fourth-order valence-electron chi connectivity index (χ4n) is 5.35. The Labute approximate surface area is 219 Å². The number of benzene rings is 3. The third-order valence-corrected chi connectivity index (χ3v) is 7.13. The molecule has 2 heterocycles. The van der Waals surface area contributed by atoms with Crippen LogP contribution in [0, 0.1) is 17.1 Å². The number of hydrogen-bond donors (Lipinski definition) is 1. The van der Waals surface area contributed by atoms with Crippen molar-refractivity contribution in [3.05, 3.63) is 83.7 Å². The predicted molar refractivity (Wildman–Crippen MR) is 137 cm³/mol. The van der Waals surface area contributed by atoms with Crippen LogP contribution in [-0.2, 0) is 22.6 Å². The van der Waals surface area contributed by atoms with Gasteiger partial charge in [-0.1, -0.05) is 54.6 Å². The predicted octanol–water partition coefficient (Wildman–Crippen LogP) is 2.48. The molecule has 0 aromatic heterocycles. The molecule has 5 rings (SSSR count). The minimum Gasteiger partial charge on any atom is -0.340 e. The fraction of sp³-hybridized carbons (Fsp3) is 0.286. The zero-order chi connectivity index (χ0) is 26.8. The summed E-state index contributed by atoms with van der Waals surface area (Å²) in [5.41, 5.74) is 1.67. The topological polar surface area (TPSA) is 100.0 Å². The summed E-state index contributed by atoms with van der Waals surface area (Å²) in [5.74, 6) is -0.923. The van der Waals surface area contributed by atoms with E-state index < -0.39 is 18.2 Å². The SMILES string of the molecule is CNC(=O)N(CC#N)N1CC(=O)N2[C@@H](Cc3ccc(F)cc3)C(=O)N(Cc3cccc4ccccc34)C[C@@H]21. The number of halogens is 1. The van der Waals surface area contributed by atoms with Crippen LogP contribution >= 0.6 is 0 Å². The molecule has 2 aliphatic heterocycles. The van der Waals surface area contributed by atoms with Crippen molar-refractivity contribution < 1.29 is 18.8 Å². The zero-order valence-electron chi connectivity index (χ0n) is 20.9. The molecule has 3 aromatic rings.